The third-order valence-electron chi connectivity index (χ3n) is 12.3. The molecular weight excluding hydrogens is 800 g/mol. The number of aromatic nitrogens is 4. The molecule has 8 bridgehead atoms. The molecule has 6 heteroatoms. The molecule has 312 valence electrons. The van der Waals surface area contributed by atoms with Gasteiger partial charge in [-0.05, 0) is 196 Å². The van der Waals surface area contributed by atoms with Gasteiger partial charge in [0.15, 0.2) is 0 Å². The van der Waals surface area contributed by atoms with Crippen molar-refractivity contribution < 1.29 is 22.5 Å². The van der Waals surface area contributed by atoms with Crippen molar-refractivity contribution >= 4 is 46.4 Å². The molecule has 62 heavy (non-hydrogen) atoms. The maximum atomic E-state index is 5.59. The van der Waals surface area contributed by atoms with E-state index in [1.807, 2.05) is 0 Å². The van der Waals surface area contributed by atoms with Gasteiger partial charge in [0.1, 0.15) is 0 Å². The third-order valence-corrected chi connectivity index (χ3v) is 12.3. The zero-order valence-electron chi connectivity index (χ0n) is 37.9. The van der Waals surface area contributed by atoms with E-state index in [0.29, 0.717) is 0 Å². The number of hydrogen-bond donors (Lipinski definition) is 0. The fraction of sp³-hybridized carbons (Fsp3) is 0.214. The molecule has 3 aromatic heterocycles. The average molecular weight is 855 g/mol. The zero-order valence-corrected chi connectivity index (χ0v) is 39.0. The van der Waals surface area contributed by atoms with Gasteiger partial charge in [0.05, 0.1) is 22.8 Å². The van der Waals surface area contributed by atoms with Crippen molar-refractivity contribution in [3.8, 4) is 44.5 Å². The van der Waals surface area contributed by atoms with Gasteiger partial charge in [-0.2, -0.15) is 0 Å². The Balaban J connectivity index is 0.00000289. The smallest absolute Gasteiger partial charge is 0.657 e. The summed E-state index contributed by atoms with van der Waals surface area (Å²) in [6, 6.07) is 26.9. The fourth-order valence-corrected chi connectivity index (χ4v) is 10.4. The Morgan fingerprint density at radius 3 is 0.645 bits per heavy atom. The summed E-state index contributed by atoms with van der Waals surface area (Å²) in [5.41, 5.74) is 30.4. The van der Waals surface area contributed by atoms with Gasteiger partial charge in [-0.25, -0.2) is 9.97 Å². The van der Waals surface area contributed by atoms with Crippen molar-refractivity contribution in [3.63, 3.8) is 0 Å². The second-order valence-electron chi connectivity index (χ2n) is 17.5. The van der Waals surface area contributed by atoms with Crippen LogP contribution >= 0.6 is 0 Å². The molecule has 5 nitrogen and oxygen atoms in total. The molecule has 2 aliphatic rings. The van der Waals surface area contributed by atoms with Gasteiger partial charge < -0.3 is 15.4 Å². The minimum atomic E-state index is 0. The summed E-state index contributed by atoms with van der Waals surface area (Å²) in [4.78, 5) is 22.4. The SMILES string of the molecule is Cc1cc(C)c(-c2c3nc(c(-c4c(C)cc(C)cc4C)c4ccc([n-]4)c(-c4c(C)cc(C)cc4C)c4nc(c(-c5c(C)cc(C)cc5C)c5ccc2[n-]5)C=C4)C=C3)c(C)c1.O.[Fe+2]. The third kappa shape index (κ3) is 7.51. The van der Waals surface area contributed by atoms with Crippen molar-refractivity contribution in [2.75, 3.05) is 0 Å². The Kier molecular flexibility index (Phi) is 11.8. The van der Waals surface area contributed by atoms with Crippen LogP contribution in [0.15, 0.2) is 72.8 Å². The maximum Gasteiger partial charge on any atom is 2.00 e. The number of rotatable bonds is 4. The quantitative estimate of drug-likeness (QED) is 0.165. The fourth-order valence-electron chi connectivity index (χ4n) is 10.4. The van der Waals surface area contributed by atoms with E-state index in [9.17, 15) is 0 Å². The largest absolute Gasteiger partial charge is 2.00 e. The first kappa shape index (κ1) is 44.0. The average Bonchev–Trinajstić information content (AvgIpc) is 3.99. The predicted octanol–water partition coefficient (Wildman–Crippen LogP) is 13.5. The van der Waals surface area contributed by atoms with Gasteiger partial charge in [-0.15, -0.1) is 22.1 Å². The minimum Gasteiger partial charge on any atom is -0.657 e. The van der Waals surface area contributed by atoms with Crippen LogP contribution in [0.5, 0.6) is 0 Å². The molecule has 0 radical (unpaired) electrons. The van der Waals surface area contributed by atoms with E-state index in [4.69, 9.17) is 19.9 Å². The van der Waals surface area contributed by atoms with Gasteiger partial charge >= 0.3 is 17.1 Å². The van der Waals surface area contributed by atoms with E-state index in [0.717, 1.165) is 89.4 Å². The predicted molar refractivity (Wildman–Crippen MR) is 259 cm³/mol. The van der Waals surface area contributed by atoms with E-state index in [1.54, 1.807) is 0 Å². The number of aryl methyl sites for hydroxylation is 12. The van der Waals surface area contributed by atoms with Crippen LogP contribution in [0.2, 0.25) is 0 Å². The van der Waals surface area contributed by atoms with E-state index < -0.39 is 0 Å². The molecule has 4 aromatic carbocycles. The molecule has 0 aliphatic carbocycles. The first-order valence-corrected chi connectivity index (χ1v) is 21.1. The van der Waals surface area contributed by atoms with Crippen molar-refractivity contribution in [1.82, 2.24) is 19.9 Å². The minimum absolute atomic E-state index is 0. The molecule has 0 atom stereocenters. The van der Waals surface area contributed by atoms with Crippen LogP contribution in [0.25, 0.3) is 90.9 Å². The van der Waals surface area contributed by atoms with E-state index in [2.05, 4.69) is 180 Å². The summed E-state index contributed by atoms with van der Waals surface area (Å²) >= 11 is 0. The molecule has 2 aliphatic heterocycles. The van der Waals surface area contributed by atoms with Crippen LogP contribution in [0.4, 0.5) is 0 Å². The Morgan fingerprint density at radius 2 is 0.468 bits per heavy atom. The van der Waals surface area contributed by atoms with Gasteiger partial charge in [0.2, 0.25) is 0 Å². The Bertz CT molecular complexity index is 2710. The summed E-state index contributed by atoms with van der Waals surface area (Å²) < 4.78 is 0. The summed E-state index contributed by atoms with van der Waals surface area (Å²) in [5.74, 6) is 0. The molecule has 0 spiro atoms. The zero-order chi connectivity index (χ0) is 42.3. The van der Waals surface area contributed by atoms with Crippen LogP contribution in [-0.2, 0) is 17.1 Å². The molecule has 7 aromatic rings. The Hall–Kier alpha value is -6.04. The van der Waals surface area contributed by atoms with Gasteiger partial charge in [-0.3, -0.25) is 0 Å². The summed E-state index contributed by atoms with van der Waals surface area (Å²) in [6.45, 7) is 26.3. The standard InChI is InChI=1S/C56H52N4.Fe.H2O/c1-29-21-33(5)49(34(6)22-29)53-41-13-15-43(57-41)54(50-35(7)23-30(2)24-36(50)8)45-17-19-47(59-45)56(52-39(11)27-32(4)28-40(52)12)48-20-18-46(60-48)55(44-16-14-42(53)58-44)51-37(9)25-31(3)26-38(51)10;;/h13-28H,1-12H3;;1H2/q-2;+2;. The molecular formula is C56H54FeN4O. The molecule has 5 heterocycles. The van der Waals surface area contributed by atoms with Crippen molar-refractivity contribution in [2.24, 2.45) is 0 Å². The molecule has 0 unspecified atom stereocenters. The van der Waals surface area contributed by atoms with Crippen molar-refractivity contribution in [1.29, 1.82) is 0 Å². The maximum absolute atomic E-state index is 5.59. The summed E-state index contributed by atoms with van der Waals surface area (Å²) in [5, 5.41) is 0. The second kappa shape index (κ2) is 16.7. The van der Waals surface area contributed by atoms with Crippen LogP contribution in [0, 0.1) is 83.1 Å². The van der Waals surface area contributed by atoms with Gasteiger partial charge in [-0.1, -0.05) is 95.1 Å². The summed E-state index contributed by atoms with van der Waals surface area (Å²) in [7, 11) is 0. The van der Waals surface area contributed by atoms with Crippen LogP contribution < -0.4 is 9.97 Å². The van der Waals surface area contributed by atoms with Crippen LogP contribution in [0.1, 0.15) is 89.5 Å². The van der Waals surface area contributed by atoms with Crippen LogP contribution in [-0.4, -0.2) is 15.4 Å². The van der Waals surface area contributed by atoms with E-state index in [-0.39, 0.29) is 22.5 Å². The number of fused-ring (bicyclic) bond motifs is 8. The summed E-state index contributed by atoms with van der Waals surface area (Å²) in [6.07, 6.45) is 8.72. The molecule has 2 N–H and O–H groups in total. The van der Waals surface area contributed by atoms with Crippen molar-refractivity contribution in [3.05, 3.63) is 162 Å². The second-order valence-corrected chi connectivity index (χ2v) is 17.5. The monoisotopic (exact) mass is 854 g/mol. The first-order valence-electron chi connectivity index (χ1n) is 21.1. The number of benzene rings is 4. The van der Waals surface area contributed by atoms with Crippen molar-refractivity contribution in [2.45, 2.75) is 83.1 Å². The molecule has 9 rings (SSSR count). The van der Waals surface area contributed by atoms with E-state index >= 15 is 0 Å². The van der Waals surface area contributed by atoms with E-state index in [1.165, 1.54) is 66.8 Å². The number of hydrogen-bond acceptors (Lipinski definition) is 2. The number of nitrogens with zero attached hydrogens (tertiary/aromatic N) is 4. The Labute approximate surface area is 376 Å². The normalized spacial score (nSPS) is 11.8. The van der Waals surface area contributed by atoms with Crippen LogP contribution in [0.3, 0.4) is 0 Å². The molecule has 0 fully saturated rings. The van der Waals surface area contributed by atoms with Gasteiger partial charge in [0.25, 0.3) is 0 Å². The molecule has 0 saturated carbocycles. The topological polar surface area (TPSA) is 85.5 Å². The Morgan fingerprint density at radius 1 is 0.290 bits per heavy atom. The van der Waals surface area contributed by atoms with Gasteiger partial charge in [0, 0.05) is 0 Å². The first-order chi connectivity index (χ1) is 28.7. The molecule has 0 amide bonds. The molecule has 0 saturated heterocycles.